The average molecular weight is 316 g/mol. The second-order valence-electron chi connectivity index (χ2n) is 5.16. The number of hydrogen-bond donors (Lipinski definition) is 2. The Bertz CT molecular complexity index is 619. The summed E-state index contributed by atoms with van der Waals surface area (Å²) in [5.41, 5.74) is 2.54. The van der Waals surface area contributed by atoms with Crippen LogP contribution in [0.1, 0.15) is 27.9 Å². The molecule has 0 bridgehead atoms. The Morgan fingerprint density at radius 3 is 2.73 bits per heavy atom. The molecule has 2 aromatic rings. The predicted octanol–water partition coefficient (Wildman–Crippen LogP) is 3.06. The van der Waals surface area contributed by atoms with Crippen molar-refractivity contribution in [2.75, 3.05) is 13.1 Å². The third-order valence-electron chi connectivity index (χ3n) is 3.31. The number of aromatic nitrogens is 1. The lowest BCUT2D eigenvalue weighted by atomic mass is 10.1. The number of guanidine groups is 1. The van der Waals surface area contributed by atoms with E-state index >= 15 is 0 Å². The SMILES string of the molecule is CCNC(=NCc1ccccc1C)NCCc1ncc(C)s1. The van der Waals surface area contributed by atoms with Crippen LogP contribution in [0.15, 0.2) is 35.5 Å². The molecule has 1 aromatic heterocycles. The van der Waals surface area contributed by atoms with E-state index in [-0.39, 0.29) is 0 Å². The number of hydrogen-bond acceptors (Lipinski definition) is 3. The van der Waals surface area contributed by atoms with Gasteiger partial charge in [-0.3, -0.25) is 0 Å². The highest BCUT2D eigenvalue weighted by Gasteiger charge is 2.01. The lowest BCUT2D eigenvalue weighted by molar-refractivity contribution is 0.796. The number of thiazole rings is 1. The number of nitrogens with zero attached hydrogens (tertiary/aromatic N) is 2. The minimum atomic E-state index is 0.693. The van der Waals surface area contributed by atoms with Crippen LogP contribution in [0, 0.1) is 13.8 Å². The van der Waals surface area contributed by atoms with Gasteiger partial charge in [0, 0.05) is 30.6 Å². The van der Waals surface area contributed by atoms with Gasteiger partial charge >= 0.3 is 0 Å². The van der Waals surface area contributed by atoms with Crippen LogP contribution in [0.5, 0.6) is 0 Å². The Morgan fingerprint density at radius 1 is 1.23 bits per heavy atom. The van der Waals surface area contributed by atoms with Gasteiger partial charge in [0.1, 0.15) is 0 Å². The molecule has 2 N–H and O–H groups in total. The van der Waals surface area contributed by atoms with Crippen LogP contribution in [0.3, 0.4) is 0 Å². The van der Waals surface area contributed by atoms with Gasteiger partial charge in [-0.05, 0) is 31.9 Å². The fraction of sp³-hybridized carbons (Fsp3) is 0.412. The summed E-state index contributed by atoms with van der Waals surface area (Å²) in [7, 11) is 0. The number of aryl methyl sites for hydroxylation is 2. The molecule has 0 spiro atoms. The maximum Gasteiger partial charge on any atom is 0.191 e. The van der Waals surface area contributed by atoms with E-state index in [0.717, 1.165) is 25.5 Å². The lowest BCUT2D eigenvalue weighted by Gasteiger charge is -2.11. The second kappa shape index (κ2) is 8.54. The van der Waals surface area contributed by atoms with Crippen molar-refractivity contribution in [3.8, 4) is 0 Å². The Balaban J connectivity index is 1.88. The van der Waals surface area contributed by atoms with Gasteiger partial charge in [0.05, 0.1) is 11.6 Å². The lowest BCUT2D eigenvalue weighted by Crippen LogP contribution is -2.38. The van der Waals surface area contributed by atoms with Gasteiger partial charge in [0.25, 0.3) is 0 Å². The number of nitrogens with one attached hydrogen (secondary N) is 2. The zero-order chi connectivity index (χ0) is 15.8. The first kappa shape index (κ1) is 16.5. The Hall–Kier alpha value is -1.88. The highest BCUT2D eigenvalue weighted by Crippen LogP contribution is 2.11. The van der Waals surface area contributed by atoms with Gasteiger partial charge in [-0.2, -0.15) is 0 Å². The molecular formula is C17H24N4S. The summed E-state index contributed by atoms with van der Waals surface area (Å²) < 4.78 is 0. The van der Waals surface area contributed by atoms with Gasteiger partial charge < -0.3 is 10.6 Å². The first-order valence-corrected chi connectivity index (χ1v) is 8.48. The maximum atomic E-state index is 4.66. The Labute approximate surface area is 136 Å². The minimum absolute atomic E-state index is 0.693. The van der Waals surface area contributed by atoms with E-state index in [9.17, 15) is 0 Å². The molecule has 1 aromatic carbocycles. The molecule has 0 radical (unpaired) electrons. The molecule has 0 fully saturated rings. The molecule has 5 heteroatoms. The zero-order valence-electron chi connectivity index (χ0n) is 13.5. The molecule has 0 atom stereocenters. The van der Waals surface area contributed by atoms with Crippen molar-refractivity contribution < 1.29 is 0 Å². The van der Waals surface area contributed by atoms with Crippen LogP contribution >= 0.6 is 11.3 Å². The van der Waals surface area contributed by atoms with E-state index in [0.29, 0.717) is 6.54 Å². The van der Waals surface area contributed by atoms with E-state index in [1.807, 2.05) is 6.20 Å². The molecule has 0 aliphatic rings. The topological polar surface area (TPSA) is 49.3 Å². The van der Waals surface area contributed by atoms with Crippen molar-refractivity contribution in [1.82, 2.24) is 15.6 Å². The number of rotatable bonds is 6. The Kier molecular flexibility index (Phi) is 6.40. The van der Waals surface area contributed by atoms with Crippen LogP contribution in [0.4, 0.5) is 0 Å². The van der Waals surface area contributed by atoms with E-state index < -0.39 is 0 Å². The van der Waals surface area contributed by atoms with Crippen molar-refractivity contribution >= 4 is 17.3 Å². The van der Waals surface area contributed by atoms with Gasteiger partial charge in [-0.25, -0.2) is 9.98 Å². The third kappa shape index (κ3) is 5.15. The first-order valence-electron chi connectivity index (χ1n) is 7.67. The summed E-state index contributed by atoms with van der Waals surface area (Å²) in [6.07, 6.45) is 2.85. The molecule has 0 aliphatic heterocycles. The molecule has 1 heterocycles. The van der Waals surface area contributed by atoms with E-state index in [1.54, 1.807) is 11.3 Å². The van der Waals surface area contributed by atoms with Crippen LogP contribution in [-0.4, -0.2) is 24.0 Å². The van der Waals surface area contributed by atoms with Gasteiger partial charge in [0.15, 0.2) is 5.96 Å². The number of benzene rings is 1. The van der Waals surface area contributed by atoms with E-state index in [1.165, 1.54) is 21.0 Å². The van der Waals surface area contributed by atoms with Crippen LogP contribution in [0.2, 0.25) is 0 Å². The average Bonchev–Trinajstić information content (AvgIpc) is 2.92. The fourth-order valence-electron chi connectivity index (χ4n) is 2.10. The summed E-state index contributed by atoms with van der Waals surface area (Å²) in [6, 6.07) is 8.36. The van der Waals surface area contributed by atoms with Gasteiger partial charge in [-0.15, -0.1) is 11.3 Å². The molecule has 4 nitrogen and oxygen atoms in total. The van der Waals surface area contributed by atoms with Gasteiger partial charge in [-0.1, -0.05) is 24.3 Å². The van der Waals surface area contributed by atoms with Gasteiger partial charge in [0.2, 0.25) is 0 Å². The molecule has 0 saturated heterocycles. The predicted molar refractivity (Wildman–Crippen MR) is 94.6 cm³/mol. The zero-order valence-corrected chi connectivity index (χ0v) is 14.3. The summed E-state index contributed by atoms with van der Waals surface area (Å²) in [5.74, 6) is 0.860. The highest BCUT2D eigenvalue weighted by atomic mass is 32.1. The second-order valence-corrected chi connectivity index (χ2v) is 6.48. The Morgan fingerprint density at radius 2 is 2.05 bits per heavy atom. The maximum absolute atomic E-state index is 4.66. The van der Waals surface area contributed by atoms with Crippen molar-refractivity contribution in [2.45, 2.75) is 33.7 Å². The summed E-state index contributed by atoms with van der Waals surface area (Å²) in [4.78, 5) is 10.3. The summed E-state index contributed by atoms with van der Waals surface area (Å²) in [5, 5.41) is 7.83. The highest BCUT2D eigenvalue weighted by molar-refractivity contribution is 7.11. The molecule has 0 aliphatic carbocycles. The van der Waals surface area contributed by atoms with Crippen molar-refractivity contribution in [3.63, 3.8) is 0 Å². The normalized spacial score (nSPS) is 11.5. The molecule has 0 amide bonds. The van der Waals surface area contributed by atoms with Crippen molar-refractivity contribution in [1.29, 1.82) is 0 Å². The monoisotopic (exact) mass is 316 g/mol. The molecule has 118 valence electrons. The standard InChI is InChI=1S/C17H24N4S/c1-4-18-17(19-10-9-16-20-11-14(3)22-16)21-12-15-8-6-5-7-13(15)2/h5-8,11H,4,9-10,12H2,1-3H3,(H2,18,19,21). The summed E-state index contributed by atoms with van der Waals surface area (Å²) >= 11 is 1.75. The fourth-order valence-corrected chi connectivity index (χ4v) is 2.88. The van der Waals surface area contributed by atoms with Crippen LogP contribution in [0.25, 0.3) is 0 Å². The van der Waals surface area contributed by atoms with Crippen molar-refractivity contribution in [2.24, 2.45) is 4.99 Å². The largest absolute Gasteiger partial charge is 0.357 e. The van der Waals surface area contributed by atoms with Crippen LogP contribution < -0.4 is 10.6 Å². The molecule has 2 rings (SSSR count). The smallest absolute Gasteiger partial charge is 0.191 e. The molecular weight excluding hydrogens is 292 g/mol. The van der Waals surface area contributed by atoms with E-state index in [2.05, 4.69) is 65.6 Å². The molecule has 0 unspecified atom stereocenters. The number of aliphatic imine (C=N–C) groups is 1. The minimum Gasteiger partial charge on any atom is -0.357 e. The molecule has 0 saturated carbocycles. The van der Waals surface area contributed by atoms with E-state index in [4.69, 9.17) is 0 Å². The molecule has 22 heavy (non-hydrogen) atoms. The third-order valence-corrected chi connectivity index (χ3v) is 4.29. The van der Waals surface area contributed by atoms with Crippen molar-refractivity contribution in [3.05, 3.63) is 51.5 Å². The first-order chi connectivity index (χ1) is 10.7. The summed E-state index contributed by atoms with van der Waals surface area (Å²) in [6.45, 7) is 8.67. The van der Waals surface area contributed by atoms with Crippen LogP contribution in [-0.2, 0) is 13.0 Å². The quantitative estimate of drug-likeness (QED) is 0.636.